The molecule has 0 saturated heterocycles. The number of likely N-dealkylation sites (N-methyl/N-ethyl adjacent to an activating group) is 1. The second-order valence-corrected chi connectivity index (χ2v) is 13.7. The van der Waals surface area contributed by atoms with E-state index in [-0.39, 0.29) is 41.1 Å². The Kier molecular flexibility index (Phi) is 8.36. The van der Waals surface area contributed by atoms with Gasteiger partial charge < -0.3 is 25.7 Å². The number of amides is 2. The zero-order valence-electron chi connectivity index (χ0n) is 22.5. The van der Waals surface area contributed by atoms with Crippen LogP contribution < -0.4 is 15.5 Å². The molecule has 1 aromatic heterocycles. The zero-order chi connectivity index (χ0) is 26.2. The van der Waals surface area contributed by atoms with Gasteiger partial charge >= 0.3 is 0 Å². The number of nitrogens with one attached hydrogen (secondary N) is 3. The molecule has 3 rings (SSSR count). The number of carbonyl (C=O) groups excluding carboxylic acids is 2. The molecule has 5 atom stereocenters. The maximum absolute atomic E-state index is 13.0. The fraction of sp³-hybridized carbons (Fsp3) is 0.808. The Morgan fingerprint density at radius 2 is 1.91 bits per heavy atom. The molecule has 35 heavy (non-hydrogen) atoms. The van der Waals surface area contributed by atoms with Gasteiger partial charge in [0.2, 0.25) is 11.8 Å². The van der Waals surface area contributed by atoms with E-state index >= 15 is 0 Å². The van der Waals surface area contributed by atoms with Crippen molar-refractivity contribution in [2.45, 2.75) is 78.7 Å². The van der Waals surface area contributed by atoms with Crippen molar-refractivity contribution in [3.05, 3.63) is 10.6 Å². The minimum atomic E-state index is -0.659. The SMILES string of the molecule is C[NH+](C)CCNC(=O)C[C@@H]1c2nc(NC(=O)CC(C)(C)C)sc2C[C@@H]2[C@](C)(CO)[C@H](O)CC[C@]21C. The second-order valence-electron chi connectivity index (χ2n) is 12.7. The molecule has 0 bridgehead atoms. The highest BCUT2D eigenvalue weighted by Crippen LogP contribution is 2.62. The van der Waals surface area contributed by atoms with E-state index in [0.29, 0.717) is 37.4 Å². The predicted octanol–water partition coefficient (Wildman–Crippen LogP) is 1.58. The third-order valence-corrected chi connectivity index (χ3v) is 9.18. The van der Waals surface area contributed by atoms with Crippen LogP contribution in [0.5, 0.6) is 0 Å². The van der Waals surface area contributed by atoms with Crippen LogP contribution in [0.4, 0.5) is 5.13 Å². The van der Waals surface area contributed by atoms with Crippen LogP contribution in [0.25, 0.3) is 0 Å². The van der Waals surface area contributed by atoms with E-state index in [1.165, 1.54) is 16.2 Å². The van der Waals surface area contributed by atoms with E-state index in [1.807, 2.05) is 27.7 Å². The number of aliphatic hydroxyl groups excluding tert-OH is 2. The first-order valence-electron chi connectivity index (χ1n) is 12.8. The number of nitrogens with zero attached hydrogens (tertiary/aromatic N) is 1. The number of thiazole rings is 1. The Morgan fingerprint density at radius 3 is 2.51 bits per heavy atom. The Morgan fingerprint density at radius 1 is 1.23 bits per heavy atom. The smallest absolute Gasteiger partial charge is 0.226 e. The first-order valence-corrected chi connectivity index (χ1v) is 13.7. The standard InChI is InChI=1S/C26H44N4O4S/c1-24(2,3)14-21(34)28-23-29-22-16(12-20(33)27-10-11-30(6)7)25(4)9-8-19(32)26(5,15-31)18(25)13-17(22)35-23/h16,18-19,31-32H,8-15H2,1-7H3,(H,27,33)(H,28,29,34)/p+1/t16-,18+,19-,25+,26+/m1/s1. The molecule has 2 amide bonds. The van der Waals surface area contributed by atoms with Gasteiger partial charge in [-0.05, 0) is 36.0 Å². The molecule has 0 radical (unpaired) electrons. The number of rotatable bonds is 8. The topological polar surface area (TPSA) is 116 Å². The predicted molar refractivity (Wildman–Crippen MR) is 139 cm³/mol. The number of carbonyl (C=O) groups is 2. The van der Waals surface area contributed by atoms with Gasteiger partial charge in [-0.15, -0.1) is 11.3 Å². The first kappa shape index (κ1) is 28.0. The van der Waals surface area contributed by atoms with Crippen LogP contribution in [-0.2, 0) is 16.0 Å². The molecule has 0 aromatic carbocycles. The molecular weight excluding hydrogens is 464 g/mol. The minimum Gasteiger partial charge on any atom is -0.396 e. The monoisotopic (exact) mass is 509 g/mol. The van der Waals surface area contributed by atoms with E-state index in [2.05, 4.69) is 31.7 Å². The van der Waals surface area contributed by atoms with Crippen LogP contribution in [0.2, 0.25) is 0 Å². The fourth-order valence-corrected chi connectivity index (χ4v) is 7.14. The summed E-state index contributed by atoms with van der Waals surface area (Å²) in [6, 6.07) is 0. The van der Waals surface area contributed by atoms with Gasteiger partial charge in [-0.1, -0.05) is 34.6 Å². The van der Waals surface area contributed by atoms with Crippen LogP contribution in [0.15, 0.2) is 0 Å². The van der Waals surface area contributed by atoms with Crippen molar-refractivity contribution in [2.75, 3.05) is 39.1 Å². The molecule has 0 spiro atoms. The summed E-state index contributed by atoms with van der Waals surface area (Å²) in [5.41, 5.74) is -0.191. The summed E-state index contributed by atoms with van der Waals surface area (Å²) in [5.74, 6) is -0.222. The van der Waals surface area contributed by atoms with Gasteiger partial charge in [-0.3, -0.25) is 9.59 Å². The summed E-state index contributed by atoms with van der Waals surface area (Å²) in [6.45, 7) is 11.6. The molecule has 0 unspecified atom stereocenters. The zero-order valence-corrected chi connectivity index (χ0v) is 23.3. The number of anilines is 1. The van der Waals surface area contributed by atoms with Crippen LogP contribution in [0.1, 0.15) is 76.8 Å². The van der Waals surface area contributed by atoms with Crippen molar-refractivity contribution >= 4 is 28.3 Å². The highest BCUT2D eigenvalue weighted by molar-refractivity contribution is 7.15. The maximum Gasteiger partial charge on any atom is 0.226 e. The fourth-order valence-electron chi connectivity index (χ4n) is 6.05. The van der Waals surface area contributed by atoms with E-state index in [4.69, 9.17) is 4.98 Å². The molecule has 198 valence electrons. The molecule has 8 nitrogen and oxygen atoms in total. The lowest BCUT2D eigenvalue weighted by Crippen LogP contribution is -3.06. The van der Waals surface area contributed by atoms with Gasteiger partial charge in [0, 0.05) is 29.1 Å². The second kappa shape index (κ2) is 10.4. The molecule has 1 aromatic rings. The van der Waals surface area contributed by atoms with Crippen molar-refractivity contribution in [3.63, 3.8) is 0 Å². The summed E-state index contributed by atoms with van der Waals surface area (Å²) in [5, 5.41) is 27.9. The van der Waals surface area contributed by atoms with Crippen LogP contribution in [0.3, 0.4) is 0 Å². The molecule has 2 aliphatic carbocycles. The Labute approximate surface area is 213 Å². The third-order valence-electron chi connectivity index (χ3n) is 8.17. The molecule has 5 N–H and O–H groups in total. The van der Waals surface area contributed by atoms with Crippen molar-refractivity contribution in [1.82, 2.24) is 10.3 Å². The van der Waals surface area contributed by atoms with Gasteiger partial charge in [0.15, 0.2) is 5.13 Å². The largest absolute Gasteiger partial charge is 0.396 e. The molecule has 9 heteroatoms. The van der Waals surface area contributed by atoms with Crippen molar-refractivity contribution < 1.29 is 24.7 Å². The third kappa shape index (κ3) is 6.06. The highest BCUT2D eigenvalue weighted by Gasteiger charge is 2.59. The van der Waals surface area contributed by atoms with Crippen LogP contribution >= 0.6 is 11.3 Å². The molecular formula is C26H45N4O4S+. The van der Waals surface area contributed by atoms with Crippen LogP contribution in [-0.4, -0.2) is 66.9 Å². The number of aliphatic hydroxyl groups is 2. The molecule has 1 fully saturated rings. The molecule has 1 heterocycles. The van der Waals surface area contributed by atoms with Gasteiger partial charge in [-0.25, -0.2) is 4.98 Å². The quantitative estimate of drug-likeness (QED) is 0.365. The Bertz CT molecular complexity index is 927. The van der Waals surface area contributed by atoms with Gasteiger partial charge in [0.1, 0.15) is 0 Å². The summed E-state index contributed by atoms with van der Waals surface area (Å²) in [6.07, 6.45) is 2.13. The summed E-state index contributed by atoms with van der Waals surface area (Å²) in [4.78, 5) is 32.8. The van der Waals surface area contributed by atoms with Crippen molar-refractivity contribution in [2.24, 2.45) is 22.2 Å². The van der Waals surface area contributed by atoms with E-state index in [1.54, 1.807) is 0 Å². The lowest BCUT2D eigenvalue weighted by molar-refractivity contribution is -0.856. The number of hydrogen-bond donors (Lipinski definition) is 5. The van der Waals surface area contributed by atoms with E-state index in [9.17, 15) is 19.8 Å². The Hall–Kier alpha value is -1.55. The van der Waals surface area contributed by atoms with Gasteiger partial charge in [-0.2, -0.15) is 0 Å². The Balaban J connectivity index is 1.94. The molecule has 0 aliphatic heterocycles. The average molecular weight is 510 g/mol. The van der Waals surface area contributed by atoms with Crippen LogP contribution in [0, 0.1) is 22.2 Å². The number of fused-ring (bicyclic) bond motifs is 2. The lowest BCUT2D eigenvalue weighted by atomic mass is 9.47. The normalized spacial score (nSPS) is 30.5. The highest BCUT2D eigenvalue weighted by atomic mass is 32.1. The summed E-state index contributed by atoms with van der Waals surface area (Å²) in [7, 11) is 4.11. The number of hydrogen-bond acceptors (Lipinski definition) is 6. The minimum absolute atomic E-state index is 0.00107. The van der Waals surface area contributed by atoms with Gasteiger partial charge in [0.05, 0.1) is 45.6 Å². The van der Waals surface area contributed by atoms with Gasteiger partial charge in [0.25, 0.3) is 0 Å². The van der Waals surface area contributed by atoms with E-state index < -0.39 is 11.5 Å². The van der Waals surface area contributed by atoms with Crippen molar-refractivity contribution in [1.29, 1.82) is 0 Å². The molecule has 1 saturated carbocycles. The first-order chi connectivity index (χ1) is 16.2. The van der Waals surface area contributed by atoms with E-state index in [0.717, 1.165) is 23.5 Å². The summed E-state index contributed by atoms with van der Waals surface area (Å²) >= 11 is 1.47. The number of aromatic nitrogens is 1. The number of quaternary nitrogens is 1. The lowest BCUT2D eigenvalue weighted by Gasteiger charge is -2.58. The molecule has 2 aliphatic rings. The maximum atomic E-state index is 13.0. The van der Waals surface area contributed by atoms with Crippen molar-refractivity contribution in [3.8, 4) is 0 Å². The summed E-state index contributed by atoms with van der Waals surface area (Å²) < 4.78 is 0. The average Bonchev–Trinajstić information content (AvgIpc) is 3.12.